The number of carbonyl (C=O) groups is 1. The number of nitrogens with one attached hydrogen (secondary N) is 1. The number of halogens is 1. The Kier molecular flexibility index (Phi) is 1.88. The Hall–Kier alpha value is -0.0600. The van der Waals surface area contributed by atoms with Crippen LogP contribution in [0.4, 0.5) is 0 Å². The fourth-order valence-corrected chi connectivity index (χ4v) is 1.24. The number of amides is 1. The lowest BCUT2D eigenvalue weighted by molar-refractivity contribution is -0.116. The highest BCUT2D eigenvalue weighted by molar-refractivity contribution is 14.1. The molecule has 0 aliphatic carbocycles. The van der Waals surface area contributed by atoms with Crippen LogP contribution in [0, 0.1) is 0 Å². The van der Waals surface area contributed by atoms with Gasteiger partial charge in [0.15, 0.2) is 0 Å². The van der Waals surface area contributed by atoms with E-state index in [9.17, 15) is 4.79 Å². The summed E-state index contributed by atoms with van der Waals surface area (Å²) in [5.41, 5.74) is 0.908. The Morgan fingerprint density at radius 3 is 2.75 bits per heavy atom. The highest BCUT2D eigenvalue weighted by Crippen LogP contribution is 2.08. The van der Waals surface area contributed by atoms with Crippen molar-refractivity contribution in [2.45, 2.75) is 6.42 Å². The average molecular weight is 223 g/mol. The van der Waals surface area contributed by atoms with Gasteiger partial charge in [0.25, 0.3) is 0 Å². The van der Waals surface area contributed by atoms with Gasteiger partial charge in [-0.3, -0.25) is 4.79 Å². The highest BCUT2D eigenvalue weighted by Gasteiger charge is 2.13. The molecule has 1 rings (SSSR count). The van der Waals surface area contributed by atoms with Crippen molar-refractivity contribution < 1.29 is 4.79 Å². The van der Waals surface area contributed by atoms with Crippen molar-refractivity contribution >= 4 is 28.5 Å². The van der Waals surface area contributed by atoms with Crippen LogP contribution in [0.25, 0.3) is 0 Å². The number of carbonyl (C=O) groups excluding carboxylic acids is 1. The lowest BCUT2D eigenvalue weighted by Gasteiger charge is -1.84. The van der Waals surface area contributed by atoms with Crippen molar-refractivity contribution in [2.24, 2.45) is 0 Å². The molecule has 1 fully saturated rings. The first kappa shape index (κ1) is 6.07. The third-order valence-corrected chi connectivity index (χ3v) is 1.86. The molecule has 44 valence electrons. The van der Waals surface area contributed by atoms with Gasteiger partial charge in [-0.1, -0.05) is 22.6 Å². The second-order valence-electron chi connectivity index (χ2n) is 1.64. The van der Waals surface area contributed by atoms with Crippen LogP contribution in [0.1, 0.15) is 6.42 Å². The molecule has 3 heteroatoms. The van der Waals surface area contributed by atoms with Crippen LogP contribution < -0.4 is 5.32 Å². The summed E-state index contributed by atoms with van der Waals surface area (Å²) in [4.78, 5) is 10.6. The van der Waals surface area contributed by atoms with Gasteiger partial charge in [0.2, 0.25) is 5.91 Å². The molecule has 1 aliphatic rings. The SMILES string of the molecule is O=C1NCC/C1=C/I. The molecule has 0 aromatic heterocycles. The Bertz CT molecular complexity index is 141. The summed E-state index contributed by atoms with van der Waals surface area (Å²) in [5, 5.41) is 2.71. The summed E-state index contributed by atoms with van der Waals surface area (Å²) in [6.45, 7) is 0.813. The van der Waals surface area contributed by atoms with Crippen LogP contribution in [0.3, 0.4) is 0 Å². The van der Waals surface area contributed by atoms with Crippen LogP contribution in [0.15, 0.2) is 9.66 Å². The Morgan fingerprint density at radius 1 is 1.75 bits per heavy atom. The van der Waals surface area contributed by atoms with Crippen LogP contribution >= 0.6 is 22.6 Å². The number of rotatable bonds is 0. The Labute approximate surface area is 61.5 Å². The Morgan fingerprint density at radius 2 is 2.50 bits per heavy atom. The standard InChI is InChI=1S/C5H6INO/c6-3-4-1-2-7-5(4)8/h3H,1-2H2,(H,7,8)/b4-3-. The summed E-state index contributed by atoms with van der Waals surface area (Å²) in [6.07, 6.45) is 0.891. The molecule has 1 N–H and O–H groups in total. The fourth-order valence-electron chi connectivity index (χ4n) is 0.642. The lowest BCUT2D eigenvalue weighted by atomic mass is 10.3. The van der Waals surface area contributed by atoms with E-state index < -0.39 is 0 Å². The quantitative estimate of drug-likeness (QED) is 0.478. The van der Waals surface area contributed by atoms with Crippen molar-refractivity contribution in [1.29, 1.82) is 0 Å². The van der Waals surface area contributed by atoms with E-state index in [0.717, 1.165) is 18.5 Å². The molecular formula is C5H6INO. The summed E-state index contributed by atoms with van der Waals surface area (Å²) in [6, 6.07) is 0. The average Bonchev–Trinajstić information content (AvgIpc) is 2.14. The van der Waals surface area contributed by atoms with E-state index in [-0.39, 0.29) is 5.91 Å². The highest BCUT2D eigenvalue weighted by atomic mass is 127. The Balaban J connectivity index is 2.69. The van der Waals surface area contributed by atoms with Crippen molar-refractivity contribution in [3.8, 4) is 0 Å². The van der Waals surface area contributed by atoms with Gasteiger partial charge in [-0.25, -0.2) is 0 Å². The maximum Gasteiger partial charge on any atom is 0.247 e. The van der Waals surface area contributed by atoms with E-state index in [1.807, 2.05) is 4.08 Å². The van der Waals surface area contributed by atoms with Gasteiger partial charge in [-0.2, -0.15) is 0 Å². The first-order valence-corrected chi connectivity index (χ1v) is 3.66. The molecule has 2 nitrogen and oxygen atoms in total. The molecule has 1 aliphatic heterocycles. The summed E-state index contributed by atoms with van der Waals surface area (Å²) < 4.78 is 1.83. The smallest absolute Gasteiger partial charge is 0.247 e. The van der Waals surface area contributed by atoms with E-state index >= 15 is 0 Å². The maximum atomic E-state index is 10.6. The zero-order valence-corrected chi connectivity index (χ0v) is 6.44. The van der Waals surface area contributed by atoms with Gasteiger partial charge < -0.3 is 5.32 Å². The van der Waals surface area contributed by atoms with Gasteiger partial charge in [0.05, 0.1) is 0 Å². The van der Waals surface area contributed by atoms with Gasteiger partial charge in [0, 0.05) is 12.1 Å². The first-order chi connectivity index (χ1) is 3.84. The zero-order valence-electron chi connectivity index (χ0n) is 4.28. The van der Waals surface area contributed by atoms with Crippen LogP contribution in [0.2, 0.25) is 0 Å². The van der Waals surface area contributed by atoms with E-state index in [1.54, 1.807) is 0 Å². The molecule has 0 aromatic carbocycles. The number of hydrogen-bond acceptors (Lipinski definition) is 1. The molecule has 0 bridgehead atoms. The molecule has 1 saturated heterocycles. The molecule has 0 aromatic rings. The van der Waals surface area contributed by atoms with Crippen molar-refractivity contribution in [2.75, 3.05) is 6.54 Å². The van der Waals surface area contributed by atoms with Crippen molar-refractivity contribution in [3.05, 3.63) is 9.66 Å². The molecule has 0 unspecified atom stereocenters. The first-order valence-electron chi connectivity index (χ1n) is 2.42. The minimum atomic E-state index is 0.0967. The van der Waals surface area contributed by atoms with Gasteiger partial charge in [0.1, 0.15) is 0 Å². The summed E-state index contributed by atoms with van der Waals surface area (Å²) in [7, 11) is 0. The predicted octanol–water partition coefficient (Wildman–Crippen LogP) is 0.825. The molecule has 0 atom stereocenters. The zero-order chi connectivity index (χ0) is 5.98. The molecule has 1 amide bonds. The van der Waals surface area contributed by atoms with Crippen LogP contribution in [-0.4, -0.2) is 12.5 Å². The van der Waals surface area contributed by atoms with Gasteiger partial charge >= 0.3 is 0 Å². The molecule has 0 radical (unpaired) electrons. The largest absolute Gasteiger partial charge is 0.352 e. The predicted molar refractivity (Wildman–Crippen MR) is 39.7 cm³/mol. The summed E-state index contributed by atoms with van der Waals surface area (Å²) in [5.74, 6) is 0.0967. The topological polar surface area (TPSA) is 29.1 Å². The van der Waals surface area contributed by atoms with Gasteiger partial charge in [-0.15, -0.1) is 0 Å². The summed E-state index contributed by atoms with van der Waals surface area (Å²) >= 11 is 2.08. The van der Waals surface area contributed by atoms with Gasteiger partial charge in [-0.05, 0) is 10.5 Å². The van der Waals surface area contributed by atoms with E-state index in [0.29, 0.717) is 0 Å². The minimum absolute atomic E-state index is 0.0967. The third kappa shape index (κ3) is 1.02. The van der Waals surface area contributed by atoms with Crippen molar-refractivity contribution in [3.63, 3.8) is 0 Å². The lowest BCUT2D eigenvalue weighted by Crippen LogP contribution is -2.13. The number of hydrogen-bond donors (Lipinski definition) is 1. The monoisotopic (exact) mass is 223 g/mol. The van der Waals surface area contributed by atoms with E-state index in [2.05, 4.69) is 27.9 Å². The minimum Gasteiger partial charge on any atom is -0.352 e. The van der Waals surface area contributed by atoms with Crippen LogP contribution in [0.5, 0.6) is 0 Å². The fraction of sp³-hybridized carbons (Fsp3) is 0.400. The molecule has 1 heterocycles. The van der Waals surface area contributed by atoms with Crippen LogP contribution in [-0.2, 0) is 4.79 Å². The van der Waals surface area contributed by atoms with E-state index in [4.69, 9.17) is 0 Å². The maximum absolute atomic E-state index is 10.6. The molecular weight excluding hydrogens is 217 g/mol. The second kappa shape index (κ2) is 2.48. The third-order valence-electron chi connectivity index (χ3n) is 1.10. The normalized spacial score (nSPS) is 24.1. The van der Waals surface area contributed by atoms with Crippen molar-refractivity contribution in [1.82, 2.24) is 5.32 Å². The molecule has 0 saturated carbocycles. The molecule has 8 heavy (non-hydrogen) atoms. The van der Waals surface area contributed by atoms with E-state index in [1.165, 1.54) is 0 Å². The molecule has 0 spiro atoms. The second-order valence-corrected chi connectivity index (χ2v) is 2.26.